The second kappa shape index (κ2) is 6.33. The van der Waals surface area contributed by atoms with E-state index in [1.54, 1.807) is 11.8 Å². The van der Waals surface area contributed by atoms with Gasteiger partial charge in [0.1, 0.15) is 11.5 Å². The number of aliphatic hydroxyl groups is 1. The average Bonchev–Trinajstić information content (AvgIpc) is 2.66. The fourth-order valence-electron chi connectivity index (χ4n) is 1.71. The Morgan fingerprint density at radius 1 is 1.44 bits per heavy atom. The van der Waals surface area contributed by atoms with Crippen LogP contribution in [-0.2, 0) is 0 Å². The zero-order valence-electron chi connectivity index (χ0n) is 10.4. The summed E-state index contributed by atoms with van der Waals surface area (Å²) in [6, 6.07) is 4.38. The highest BCUT2D eigenvalue weighted by atomic mass is 32.2. The lowest BCUT2D eigenvalue weighted by atomic mass is 10.2. The molecule has 0 fully saturated rings. The minimum absolute atomic E-state index is 0.171. The summed E-state index contributed by atoms with van der Waals surface area (Å²) in [6.07, 6.45) is 2.01. The molecule has 92 valence electrons. The van der Waals surface area contributed by atoms with E-state index in [0.29, 0.717) is 0 Å². The molecule has 0 radical (unpaired) electrons. The van der Waals surface area contributed by atoms with Gasteiger partial charge in [0.2, 0.25) is 0 Å². The Morgan fingerprint density at radius 3 is 2.56 bits per heavy atom. The summed E-state index contributed by atoms with van der Waals surface area (Å²) in [5.74, 6) is 1.88. The molecule has 0 spiro atoms. The molecule has 4 heteroatoms. The number of hydrogen-bond donors (Lipinski definition) is 2. The first-order valence-corrected chi connectivity index (χ1v) is 6.83. The zero-order valence-corrected chi connectivity index (χ0v) is 11.2. The maximum absolute atomic E-state index is 9.20. The quantitative estimate of drug-likeness (QED) is 0.805. The molecule has 0 aliphatic carbocycles. The minimum atomic E-state index is 0.171. The van der Waals surface area contributed by atoms with Gasteiger partial charge in [-0.15, -0.1) is 0 Å². The van der Waals surface area contributed by atoms with Gasteiger partial charge in [0.25, 0.3) is 0 Å². The molecule has 2 N–H and O–H groups in total. The van der Waals surface area contributed by atoms with Crippen molar-refractivity contribution in [2.75, 3.05) is 12.9 Å². The molecule has 0 aliphatic rings. The summed E-state index contributed by atoms with van der Waals surface area (Å²) in [5.41, 5.74) is 0. The van der Waals surface area contributed by atoms with Crippen molar-refractivity contribution in [3.05, 3.63) is 23.7 Å². The molecule has 0 aliphatic heterocycles. The largest absolute Gasteiger partial charge is 0.465 e. The van der Waals surface area contributed by atoms with Gasteiger partial charge in [-0.3, -0.25) is 0 Å². The van der Waals surface area contributed by atoms with Gasteiger partial charge >= 0.3 is 0 Å². The Labute approximate surface area is 102 Å². The third kappa shape index (κ3) is 3.54. The summed E-state index contributed by atoms with van der Waals surface area (Å²) in [7, 11) is 0. The van der Waals surface area contributed by atoms with Crippen LogP contribution in [-0.4, -0.2) is 29.3 Å². The van der Waals surface area contributed by atoms with Crippen LogP contribution < -0.4 is 5.32 Å². The van der Waals surface area contributed by atoms with Crippen molar-refractivity contribution in [1.29, 1.82) is 0 Å². The van der Waals surface area contributed by atoms with Gasteiger partial charge in [0.15, 0.2) is 0 Å². The molecule has 0 aromatic carbocycles. The first kappa shape index (κ1) is 13.6. The summed E-state index contributed by atoms with van der Waals surface area (Å²) in [6.45, 7) is 6.30. The van der Waals surface area contributed by atoms with Crippen LogP contribution in [0.3, 0.4) is 0 Å². The number of aryl methyl sites for hydroxylation is 1. The van der Waals surface area contributed by atoms with E-state index in [1.807, 2.05) is 25.3 Å². The lowest BCUT2D eigenvalue weighted by Crippen LogP contribution is -2.38. The SMILES string of the molecule is CSC(CO)C(C)NC(C)c1ccc(C)o1. The Morgan fingerprint density at radius 2 is 2.12 bits per heavy atom. The monoisotopic (exact) mass is 243 g/mol. The van der Waals surface area contributed by atoms with Crippen LogP contribution in [0.2, 0.25) is 0 Å². The van der Waals surface area contributed by atoms with Crippen molar-refractivity contribution >= 4 is 11.8 Å². The molecule has 0 saturated heterocycles. The molecule has 0 bridgehead atoms. The van der Waals surface area contributed by atoms with E-state index in [4.69, 9.17) is 4.42 Å². The van der Waals surface area contributed by atoms with Gasteiger partial charge in [0.05, 0.1) is 12.6 Å². The predicted molar refractivity (Wildman–Crippen MR) is 68.8 cm³/mol. The van der Waals surface area contributed by atoms with Crippen LogP contribution in [0.15, 0.2) is 16.5 Å². The van der Waals surface area contributed by atoms with Gasteiger partial charge in [-0.25, -0.2) is 0 Å². The minimum Gasteiger partial charge on any atom is -0.465 e. The standard InChI is InChI=1S/C12H21NO2S/c1-8-5-6-11(15-8)9(2)13-10(3)12(7-14)16-4/h5-6,9-10,12-14H,7H2,1-4H3. The van der Waals surface area contributed by atoms with E-state index in [1.165, 1.54) is 0 Å². The number of nitrogens with one attached hydrogen (secondary N) is 1. The van der Waals surface area contributed by atoms with E-state index < -0.39 is 0 Å². The van der Waals surface area contributed by atoms with Crippen molar-refractivity contribution in [3.63, 3.8) is 0 Å². The van der Waals surface area contributed by atoms with Crippen molar-refractivity contribution in [2.45, 2.75) is 38.1 Å². The Bertz CT molecular complexity index is 310. The normalized spacial score (nSPS) is 17.1. The predicted octanol–water partition coefficient (Wildman–Crippen LogP) is 2.35. The maximum Gasteiger partial charge on any atom is 0.120 e. The van der Waals surface area contributed by atoms with Gasteiger partial charge in [0, 0.05) is 11.3 Å². The second-order valence-corrected chi connectivity index (χ2v) is 5.16. The number of furan rings is 1. The summed E-state index contributed by atoms with van der Waals surface area (Å²) < 4.78 is 5.56. The number of aliphatic hydroxyl groups excluding tert-OH is 1. The van der Waals surface area contributed by atoms with Crippen LogP contribution in [0, 0.1) is 6.92 Å². The van der Waals surface area contributed by atoms with E-state index in [0.717, 1.165) is 11.5 Å². The highest BCUT2D eigenvalue weighted by molar-refractivity contribution is 7.99. The van der Waals surface area contributed by atoms with Gasteiger partial charge in [-0.1, -0.05) is 0 Å². The molecule has 1 rings (SSSR count). The van der Waals surface area contributed by atoms with Gasteiger partial charge < -0.3 is 14.8 Å². The highest BCUT2D eigenvalue weighted by Crippen LogP contribution is 2.18. The molecule has 3 unspecified atom stereocenters. The van der Waals surface area contributed by atoms with Crippen LogP contribution in [0.5, 0.6) is 0 Å². The van der Waals surface area contributed by atoms with E-state index in [2.05, 4.69) is 19.2 Å². The third-order valence-electron chi connectivity index (χ3n) is 2.74. The summed E-state index contributed by atoms with van der Waals surface area (Å²) in [5, 5.41) is 12.9. The fourth-order valence-corrected chi connectivity index (χ4v) is 2.34. The topological polar surface area (TPSA) is 45.4 Å². The zero-order chi connectivity index (χ0) is 12.1. The Hall–Kier alpha value is -0.450. The summed E-state index contributed by atoms with van der Waals surface area (Å²) in [4.78, 5) is 0. The molecule has 0 amide bonds. The van der Waals surface area contributed by atoms with Gasteiger partial charge in [-0.2, -0.15) is 11.8 Å². The number of thioether (sulfide) groups is 1. The molecule has 0 saturated carbocycles. The fraction of sp³-hybridized carbons (Fsp3) is 0.667. The Balaban J connectivity index is 2.53. The van der Waals surface area contributed by atoms with Crippen LogP contribution in [0.1, 0.15) is 31.4 Å². The van der Waals surface area contributed by atoms with Crippen molar-refractivity contribution in [3.8, 4) is 0 Å². The van der Waals surface area contributed by atoms with Crippen LogP contribution >= 0.6 is 11.8 Å². The Kier molecular flexibility index (Phi) is 5.38. The maximum atomic E-state index is 9.20. The van der Waals surface area contributed by atoms with Gasteiger partial charge in [-0.05, 0) is 39.2 Å². The molecular weight excluding hydrogens is 222 g/mol. The molecule has 16 heavy (non-hydrogen) atoms. The van der Waals surface area contributed by atoms with E-state index >= 15 is 0 Å². The van der Waals surface area contributed by atoms with Crippen LogP contribution in [0.4, 0.5) is 0 Å². The highest BCUT2D eigenvalue weighted by Gasteiger charge is 2.19. The molecule has 1 heterocycles. The number of rotatable bonds is 6. The first-order chi connectivity index (χ1) is 7.58. The molecule has 3 nitrogen and oxygen atoms in total. The molecule has 3 atom stereocenters. The lowest BCUT2D eigenvalue weighted by Gasteiger charge is -2.24. The first-order valence-electron chi connectivity index (χ1n) is 5.54. The second-order valence-electron chi connectivity index (χ2n) is 4.08. The van der Waals surface area contributed by atoms with Crippen molar-refractivity contribution in [2.24, 2.45) is 0 Å². The molecular formula is C12H21NO2S. The van der Waals surface area contributed by atoms with Crippen LogP contribution in [0.25, 0.3) is 0 Å². The lowest BCUT2D eigenvalue weighted by molar-refractivity contribution is 0.268. The smallest absolute Gasteiger partial charge is 0.120 e. The molecule has 1 aromatic heterocycles. The van der Waals surface area contributed by atoms with Crippen molar-refractivity contribution < 1.29 is 9.52 Å². The van der Waals surface area contributed by atoms with E-state index in [-0.39, 0.29) is 23.9 Å². The van der Waals surface area contributed by atoms with E-state index in [9.17, 15) is 5.11 Å². The summed E-state index contributed by atoms with van der Waals surface area (Å²) >= 11 is 1.68. The van der Waals surface area contributed by atoms with Crippen molar-refractivity contribution in [1.82, 2.24) is 5.32 Å². The number of hydrogen-bond acceptors (Lipinski definition) is 4. The third-order valence-corrected chi connectivity index (χ3v) is 3.90. The average molecular weight is 243 g/mol. The molecule has 1 aromatic rings.